The Labute approximate surface area is 93.2 Å². The standard InChI is InChI=1S/C10H16N4O2/c1-5-8(10(12)16)9(11)14(13-5)6-3-2-4-7(6)15/h6-7,15H,2-4,11H2,1H3,(H2,12,16). The van der Waals surface area contributed by atoms with Crippen molar-refractivity contribution in [2.75, 3.05) is 5.73 Å². The summed E-state index contributed by atoms with van der Waals surface area (Å²) in [5, 5.41) is 14.0. The highest BCUT2D eigenvalue weighted by Crippen LogP contribution is 2.32. The molecule has 1 aromatic rings. The van der Waals surface area contributed by atoms with Crippen LogP contribution in [0.2, 0.25) is 0 Å². The molecule has 2 atom stereocenters. The average Bonchev–Trinajstić information content (AvgIpc) is 2.70. The van der Waals surface area contributed by atoms with E-state index in [1.54, 1.807) is 6.92 Å². The van der Waals surface area contributed by atoms with E-state index in [1.807, 2.05) is 0 Å². The third-order valence-corrected chi connectivity index (χ3v) is 3.13. The molecule has 0 bridgehead atoms. The van der Waals surface area contributed by atoms with Crippen LogP contribution in [0.1, 0.15) is 41.4 Å². The Morgan fingerprint density at radius 3 is 2.69 bits per heavy atom. The molecule has 1 heterocycles. The Morgan fingerprint density at radius 1 is 1.56 bits per heavy atom. The number of anilines is 1. The molecule has 88 valence electrons. The molecule has 1 aliphatic rings. The second-order valence-corrected chi connectivity index (χ2v) is 4.22. The van der Waals surface area contributed by atoms with Gasteiger partial charge in [-0.25, -0.2) is 4.68 Å². The van der Waals surface area contributed by atoms with Crippen LogP contribution in [0.15, 0.2) is 0 Å². The van der Waals surface area contributed by atoms with Gasteiger partial charge in [0.1, 0.15) is 11.4 Å². The topological polar surface area (TPSA) is 107 Å². The van der Waals surface area contributed by atoms with Gasteiger partial charge in [0, 0.05) is 0 Å². The predicted octanol–water partition coefficient (Wildman–Crippen LogP) is -0.0415. The molecule has 16 heavy (non-hydrogen) atoms. The molecule has 5 N–H and O–H groups in total. The van der Waals surface area contributed by atoms with Crippen LogP contribution in [0.4, 0.5) is 5.82 Å². The summed E-state index contributed by atoms with van der Waals surface area (Å²) in [6.07, 6.45) is 2.07. The van der Waals surface area contributed by atoms with Crippen LogP contribution in [0.5, 0.6) is 0 Å². The molecule has 1 aliphatic carbocycles. The van der Waals surface area contributed by atoms with Crippen molar-refractivity contribution in [2.45, 2.75) is 38.3 Å². The van der Waals surface area contributed by atoms with Crippen LogP contribution in [0.3, 0.4) is 0 Å². The Hall–Kier alpha value is -1.56. The lowest BCUT2D eigenvalue weighted by atomic mass is 10.2. The van der Waals surface area contributed by atoms with Crippen LogP contribution < -0.4 is 11.5 Å². The Balaban J connectivity index is 2.42. The van der Waals surface area contributed by atoms with Gasteiger partial charge in [0.2, 0.25) is 0 Å². The third kappa shape index (κ3) is 1.55. The molecule has 1 amide bonds. The molecule has 1 saturated carbocycles. The second-order valence-electron chi connectivity index (χ2n) is 4.22. The number of aliphatic hydroxyl groups excluding tert-OH is 1. The summed E-state index contributed by atoms with van der Waals surface area (Å²) in [6.45, 7) is 1.69. The van der Waals surface area contributed by atoms with Gasteiger partial charge in [-0.05, 0) is 26.2 Å². The number of nitrogen functional groups attached to an aromatic ring is 1. The number of aromatic nitrogens is 2. The first kappa shape index (κ1) is 10.9. The molecule has 6 heteroatoms. The van der Waals surface area contributed by atoms with E-state index in [0.29, 0.717) is 5.69 Å². The number of primary amides is 1. The van der Waals surface area contributed by atoms with Crippen molar-refractivity contribution in [3.05, 3.63) is 11.3 Å². The normalized spacial score (nSPS) is 24.9. The number of aliphatic hydroxyl groups is 1. The maximum atomic E-state index is 11.2. The first-order chi connectivity index (χ1) is 7.52. The molecular weight excluding hydrogens is 208 g/mol. The van der Waals surface area contributed by atoms with E-state index in [9.17, 15) is 9.90 Å². The number of carbonyl (C=O) groups excluding carboxylic acids is 1. The third-order valence-electron chi connectivity index (χ3n) is 3.13. The smallest absolute Gasteiger partial charge is 0.254 e. The lowest BCUT2D eigenvalue weighted by Gasteiger charge is -2.16. The number of aryl methyl sites for hydroxylation is 1. The van der Waals surface area contributed by atoms with Gasteiger partial charge < -0.3 is 16.6 Å². The summed E-state index contributed by atoms with van der Waals surface area (Å²) in [6, 6.07) is -0.133. The number of amides is 1. The lowest BCUT2D eigenvalue weighted by molar-refractivity contribution is 0.1000. The summed E-state index contributed by atoms with van der Waals surface area (Å²) >= 11 is 0. The zero-order chi connectivity index (χ0) is 11.9. The molecule has 0 aromatic carbocycles. The van der Waals surface area contributed by atoms with Gasteiger partial charge in [0.25, 0.3) is 5.91 Å². The summed E-state index contributed by atoms with van der Waals surface area (Å²) in [5.74, 6) is -0.315. The number of nitrogens with zero attached hydrogens (tertiary/aromatic N) is 2. The minimum Gasteiger partial charge on any atom is -0.391 e. The van der Waals surface area contributed by atoms with Crippen LogP contribution in [-0.4, -0.2) is 26.9 Å². The van der Waals surface area contributed by atoms with Crippen molar-refractivity contribution < 1.29 is 9.90 Å². The van der Waals surface area contributed by atoms with E-state index < -0.39 is 12.0 Å². The highest BCUT2D eigenvalue weighted by Gasteiger charge is 2.31. The maximum Gasteiger partial charge on any atom is 0.254 e. The molecule has 1 aromatic heterocycles. The highest BCUT2D eigenvalue weighted by molar-refractivity contribution is 5.98. The molecule has 2 unspecified atom stereocenters. The van der Waals surface area contributed by atoms with Gasteiger partial charge >= 0.3 is 0 Å². The number of nitrogens with two attached hydrogens (primary N) is 2. The van der Waals surface area contributed by atoms with Gasteiger partial charge in [0.05, 0.1) is 17.8 Å². The van der Waals surface area contributed by atoms with E-state index in [1.165, 1.54) is 4.68 Å². The van der Waals surface area contributed by atoms with Gasteiger partial charge in [-0.1, -0.05) is 0 Å². The largest absolute Gasteiger partial charge is 0.391 e. The predicted molar refractivity (Wildman–Crippen MR) is 58.8 cm³/mol. The van der Waals surface area contributed by atoms with Gasteiger partial charge in [-0.15, -0.1) is 0 Å². The van der Waals surface area contributed by atoms with Gasteiger partial charge in [0.15, 0.2) is 0 Å². The fourth-order valence-electron chi connectivity index (χ4n) is 2.33. The van der Waals surface area contributed by atoms with Crippen LogP contribution >= 0.6 is 0 Å². The average molecular weight is 224 g/mol. The van der Waals surface area contributed by atoms with E-state index in [-0.39, 0.29) is 17.4 Å². The molecule has 6 nitrogen and oxygen atoms in total. The van der Waals surface area contributed by atoms with E-state index in [2.05, 4.69) is 5.10 Å². The Morgan fingerprint density at radius 2 is 2.25 bits per heavy atom. The SMILES string of the molecule is Cc1nn(C2CCCC2O)c(N)c1C(N)=O. The van der Waals surface area contributed by atoms with Crippen molar-refractivity contribution >= 4 is 11.7 Å². The summed E-state index contributed by atoms with van der Waals surface area (Å²) in [4.78, 5) is 11.2. The van der Waals surface area contributed by atoms with E-state index in [4.69, 9.17) is 11.5 Å². The zero-order valence-corrected chi connectivity index (χ0v) is 9.18. The fraction of sp³-hybridized carbons (Fsp3) is 0.600. The number of hydrogen-bond donors (Lipinski definition) is 3. The van der Waals surface area contributed by atoms with Crippen LogP contribution in [0.25, 0.3) is 0 Å². The van der Waals surface area contributed by atoms with Crippen molar-refractivity contribution in [2.24, 2.45) is 5.73 Å². The lowest BCUT2D eigenvalue weighted by Crippen LogP contribution is -2.22. The molecule has 0 radical (unpaired) electrons. The summed E-state index contributed by atoms with van der Waals surface area (Å²) in [5.41, 5.74) is 11.8. The van der Waals surface area contributed by atoms with Crippen LogP contribution in [-0.2, 0) is 0 Å². The van der Waals surface area contributed by atoms with E-state index >= 15 is 0 Å². The van der Waals surface area contributed by atoms with Crippen LogP contribution in [0, 0.1) is 6.92 Å². The fourth-order valence-corrected chi connectivity index (χ4v) is 2.33. The molecular formula is C10H16N4O2. The van der Waals surface area contributed by atoms with Crippen molar-refractivity contribution in [1.29, 1.82) is 0 Å². The Kier molecular flexibility index (Phi) is 2.59. The molecule has 0 aliphatic heterocycles. The molecule has 2 rings (SSSR count). The van der Waals surface area contributed by atoms with Gasteiger partial charge in [-0.2, -0.15) is 5.10 Å². The minimum absolute atomic E-state index is 0.133. The van der Waals surface area contributed by atoms with Crippen molar-refractivity contribution in [3.8, 4) is 0 Å². The molecule has 0 saturated heterocycles. The maximum absolute atomic E-state index is 11.2. The van der Waals surface area contributed by atoms with Gasteiger partial charge in [-0.3, -0.25) is 4.79 Å². The minimum atomic E-state index is -0.575. The van der Waals surface area contributed by atoms with Crippen molar-refractivity contribution in [3.63, 3.8) is 0 Å². The second kappa shape index (κ2) is 3.79. The number of rotatable bonds is 2. The number of carbonyl (C=O) groups is 1. The molecule has 0 spiro atoms. The van der Waals surface area contributed by atoms with Crippen molar-refractivity contribution in [1.82, 2.24) is 9.78 Å². The zero-order valence-electron chi connectivity index (χ0n) is 9.18. The first-order valence-electron chi connectivity index (χ1n) is 5.34. The quantitative estimate of drug-likeness (QED) is 0.655. The first-order valence-corrected chi connectivity index (χ1v) is 5.34. The molecule has 1 fully saturated rings. The Bertz CT molecular complexity index is 427. The summed E-state index contributed by atoms with van der Waals surface area (Å²) in [7, 11) is 0. The van der Waals surface area contributed by atoms with E-state index in [0.717, 1.165) is 19.3 Å². The monoisotopic (exact) mass is 224 g/mol. The number of hydrogen-bond acceptors (Lipinski definition) is 4. The highest BCUT2D eigenvalue weighted by atomic mass is 16.3. The summed E-state index contributed by atoms with van der Waals surface area (Å²) < 4.78 is 1.53.